The Morgan fingerprint density at radius 2 is 2.00 bits per heavy atom. The zero-order chi connectivity index (χ0) is 13.6. The smallest absolute Gasteiger partial charge is 0.228 e. The van der Waals surface area contributed by atoms with Crippen LogP contribution in [0.15, 0.2) is 30.3 Å². The maximum Gasteiger partial charge on any atom is 0.228 e. The van der Waals surface area contributed by atoms with E-state index in [0.29, 0.717) is 6.42 Å². The Labute approximate surface area is 107 Å². The largest absolute Gasteiger partial charge is 0.395 e. The summed E-state index contributed by atoms with van der Waals surface area (Å²) in [6, 6.07) is 10.3. The van der Waals surface area contributed by atoms with Crippen LogP contribution in [-0.2, 0) is 16.4 Å². The molecule has 2 N–H and O–H groups in total. The Morgan fingerprint density at radius 1 is 1.39 bits per heavy atom. The number of nitriles is 1. The highest BCUT2D eigenvalue weighted by Crippen LogP contribution is 2.05. The Morgan fingerprint density at radius 3 is 2.50 bits per heavy atom. The number of aliphatic hydroxyl groups is 1. The molecule has 18 heavy (non-hydrogen) atoms. The molecular weight excluding hydrogens is 252 g/mol. The fourth-order valence-corrected chi connectivity index (χ4v) is 2.41. The number of benzene rings is 1. The summed E-state index contributed by atoms with van der Waals surface area (Å²) in [5.41, 5.74) is 0.920. The van der Waals surface area contributed by atoms with Crippen molar-refractivity contribution in [3.63, 3.8) is 0 Å². The van der Waals surface area contributed by atoms with E-state index < -0.39 is 21.3 Å². The molecule has 0 bridgehead atoms. The Balaban J connectivity index is 2.72. The van der Waals surface area contributed by atoms with Crippen LogP contribution in [0.4, 0.5) is 0 Å². The number of aliphatic hydroxyl groups excluding tert-OH is 1. The monoisotopic (exact) mass is 268 g/mol. The first kappa shape index (κ1) is 14.6. The highest BCUT2D eigenvalue weighted by molar-refractivity contribution is 7.90. The van der Waals surface area contributed by atoms with Gasteiger partial charge in [0, 0.05) is 6.04 Å². The van der Waals surface area contributed by atoms with Crippen molar-refractivity contribution < 1.29 is 13.5 Å². The lowest BCUT2D eigenvalue weighted by Crippen LogP contribution is -2.42. The maximum absolute atomic E-state index is 11.7. The van der Waals surface area contributed by atoms with Gasteiger partial charge in [0.1, 0.15) is 0 Å². The van der Waals surface area contributed by atoms with E-state index in [0.717, 1.165) is 5.56 Å². The first-order chi connectivity index (χ1) is 8.49. The van der Waals surface area contributed by atoms with E-state index in [9.17, 15) is 13.5 Å². The molecule has 0 saturated heterocycles. The van der Waals surface area contributed by atoms with Gasteiger partial charge in [-0.25, -0.2) is 13.1 Å². The topological polar surface area (TPSA) is 90.2 Å². The van der Waals surface area contributed by atoms with Gasteiger partial charge in [-0.05, 0) is 18.9 Å². The third-order valence-electron chi connectivity index (χ3n) is 2.52. The molecule has 98 valence electrons. The fraction of sp³-hybridized carbons (Fsp3) is 0.417. The van der Waals surface area contributed by atoms with Gasteiger partial charge in [-0.1, -0.05) is 30.3 Å². The van der Waals surface area contributed by atoms with Crippen LogP contribution >= 0.6 is 0 Å². The summed E-state index contributed by atoms with van der Waals surface area (Å²) in [5, 5.41) is 16.7. The summed E-state index contributed by atoms with van der Waals surface area (Å²) in [7, 11) is -3.71. The van der Waals surface area contributed by atoms with Crippen LogP contribution in [0, 0.1) is 11.3 Å². The Kier molecular flexibility index (Phi) is 5.28. The Bertz CT molecular complexity index is 508. The predicted octanol–water partition coefficient (Wildman–Crippen LogP) is 0.421. The first-order valence-electron chi connectivity index (χ1n) is 5.55. The van der Waals surface area contributed by atoms with Crippen molar-refractivity contribution in [2.75, 3.05) is 6.61 Å². The normalized spacial score (nSPS) is 14.7. The van der Waals surface area contributed by atoms with Crippen molar-refractivity contribution in [3.05, 3.63) is 35.9 Å². The summed E-state index contributed by atoms with van der Waals surface area (Å²) < 4.78 is 25.7. The molecule has 1 rings (SSSR count). The highest BCUT2D eigenvalue weighted by Gasteiger charge is 2.23. The van der Waals surface area contributed by atoms with Crippen molar-refractivity contribution in [3.8, 4) is 6.07 Å². The zero-order valence-corrected chi connectivity index (χ0v) is 10.9. The standard InChI is InChI=1S/C12H16N2O3S/c1-10(8-13)18(16,17)14-12(9-15)7-11-5-3-2-4-6-11/h2-6,10,12,14-15H,7,9H2,1H3. The SMILES string of the molecule is CC(C#N)S(=O)(=O)NC(CO)Cc1ccccc1. The van der Waals surface area contributed by atoms with E-state index in [4.69, 9.17) is 5.26 Å². The predicted molar refractivity (Wildman–Crippen MR) is 68.2 cm³/mol. The van der Waals surface area contributed by atoms with Crippen molar-refractivity contribution in [2.45, 2.75) is 24.6 Å². The van der Waals surface area contributed by atoms with Gasteiger partial charge in [-0.15, -0.1) is 0 Å². The number of sulfonamides is 1. The summed E-state index contributed by atoms with van der Waals surface area (Å²) >= 11 is 0. The van der Waals surface area contributed by atoms with Crippen molar-refractivity contribution in [2.24, 2.45) is 0 Å². The van der Waals surface area contributed by atoms with Crippen LogP contribution in [0.25, 0.3) is 0 Å². The van der Waals surface area contributed by atoms with Crippen molar-refractivity contribution >= 4 is 10.0 Å². The maximum atomic E-state index is 11.7. The highest BCUT2D eigenvalue weighted by atomic mass is 32.2. The lowest BCUT2D eigenvalue weighted by Gasteiger charge is -2.17. The minimum Gasteiger partial charge on any atom is -0.395 e. The first-order valence-corrected chi connectivity index (χ1v) is 7.09. The van der Waals surface area contributed by atoms with E-state index in [1.807, 2.05) is 30.3 Å². The minimum absolute atomic E-state index is 0.313. The van der Waals surface area contributed by atoms with Crippen molar-refractivity contribution in [1.82, 2.24) is 4.72 Å². The van der Waals surface area contributed by atoms with Gasteiger partial charge in [0.05, 0.1) is 12.7 Å². The molecule has 0 fully saturated rings. The summed E-state index contributed by atoms with van der Waals surface area (Å²) in [6.07, 6.45) is 0.384. The molecule has 0 heterocycles. The van der Waals surface area contributed by atoms with Crippen LogP contribution in [0.2, 0.25) is 0 Å². The Hall–Kier alpha value is -1.42. The molecule has 1 aromatic carbocycles. The third kappa shape index (κ3) is 4.11. The van der Waals surface area contributed by atoms with Crippen LogP contribution in [-0.4, -0.2) is 31.4 Å². The molecule has 1 aromatic rings. The second-order valence-electron chi connectivity index (χ2n) is 4.00. The van der Waals surface area contributed by atoms with E-state index >= 15 is 0 Å². The molecule has 2 atom stereocenters. The second-order valence-corrected chi connectivity index (χ2v) is 6.04. The van der Waals surface area contributed by atoms with Crippen LogP contribution in [0.5, 0.6) is 0 Å². The van der Waals surface area contributed by atoms with Gasteiger partial charge in [-0.3, -0.25) is 0 Å². The average Bonchev–Trinajstić information content (AvgIpc) is 2.37. The van der Waals surface area contributed by atoms with Crippen LogP contribution in [0.3, 0.4) is 0 Å². The van der Waals surface area contributed by atoms with E-state index in [2.05, 4.69) is 4.72 Å². The number of rotatable bonds is 6. The van der Waals surface area contributed by atoms with Gasteiger partial charge in [-0.2, -0.15) is 5.26 Å². The quantitative estimate of drug-likeness (QED) is 0.782. The minimum atomic E-state index is -3.71. The lowest BCUT2D eigenvalue weighted by molar-refractivity contribution is 0.256. The van der Waals surface area contributed by atoms with Gasteiger partial charge in [0.15, 0.2) is 5.25 Å². The molecule has 6 heteroatoms. The fourth-order valence-electron chi connectivity index (χ4n) is 1.45. The number of nitrogens with one attached hydrogen (secondary N) is 1. The van der Waals surface area contributed by atoms with Crippen LogP contribution in [0.1, 0.15) is 12.5 Å². The molecule has 5 nitrogen and oxygen atoms in total. The zero-order valence-electron chi connectivity index (χ0n) is 10.1. The van der Waals surface area contributed by atoms with E-state index in [1.165, 1.54) is 6.92 Å². The van der Waals surface area contributed by atoms with E-state index in [1.54, 1.807) is 6.07 Å². The van der Waals surface area contributed by atoms with Crippen LogP contribution < -0.4 is 4.72 Å². The van der Waals surface area contributed by atoms with Gasteiger partial charge in [0.25, 0.3) is 0 Å². The molecule has 0 aliphatic rings. The molecule has 0 aliphatic carbocycles. The molecule has 0 aliphatic heterocycles. The summed E-state index contributed by atoms with van der Waals surface area (Å²) in [6.45, 7) is 0.992. The molecule has 0 radical (unpaired) electrons. The summed E-state index contributed by atoms with van der Waals surface area (Å²) in [5.74, 6) is 0. The summed E-state index contributed by atoms with van der Waals surface area (Å²) in [4.78, 5) is 0. The third-order valence-corrected chi connectivity index (χ3v) is 4.22. The molecule has 2 unspecified atom stereocenters. The number of hydrogen-bond donors (Lipinski definition) is 2. The molecule has 0 aromatic heterocycles. The van der Waals surface area contributed by atoms with E-state index in [-0.39, 0.29) is 6.61 Å². The van der Waals surface area contributed by atoms with Gasteiger partial charge >= 0.3 is 0 Å². The second kappa shape index (κ2) is 6.50. The molecule has 0 amide bonds. The lowest BCUT2D eigenvalue weighted by atomic mass is 10.1. The molecule has 0 saturated carbocycles. The number of nitrogens with zero attached hydrogens (tertiary/aromatic N) is 1. The average molecular weight is 268 g/mol. The molecule has 0 spiro atoms. The van der Waals surface area contributed by atoms with Gasteiger partial charge < -0.3 is 5.11 Å². The number of hydrogen-bond acceptors (Lipinski definition) is 4. The van der Waals surface area contributed by atoms with Gasteiger partial charge in [0.2, 0.25) is 10.0 Å². The molecular formula is C12H16N2O3S. The van der Waals surface area contributed by atoms with Crippen molar-refractivity contribution in [1.29, 1.82) is 5.26 Å².